The second-order valence-corrected chi connectivity index (χ2v) is 4.64. The van der Waals surface area contributed by atoms with Crippen molar-refractivity contribution in [1.29, 1.82) is 0 Å². The molecule has 1 aromatic heterocycles. The van der Waals surface area contributed by atoms with Gasteiger partial charge in [0.05, 0.1) is 19.3 Å². The topological polar surface area (TPSA) is 34.6 Å². The first-order chi connectivity index (χ1) is 8.10. The molecule has 4 nitrogen and oxygen atoms in total. The van der Waals surface area contributed by atoms with Crippen molar-refractivity contribution in [3.05, 3.63) is 17.8 Å². The van der Waals surface area contributed by atoms with E-state index in [-0.39, 0.29) is 12.2 Å². The molecule has 0 radical (unpaired) electrons. The van der Waals surface area contributed by atoms with Crippen molar-refractivity contribution in [2.24, 2.45) is 0 Å². The number of aryl methyl sites for hydroxylation is 1. The van der Waals surface area contributed by atoms with E-state index in [0.717, 1.165) is 24.5 Å². The summed E-state index contributed by atoms with van der Waals surface area (Å²) in [5, 5.41) is 0. The summed E-state index contributed by atoms with van der Waals surface area (Å²) in [6.45, 7) is 7.92. The van der Waals surface area contributed by atoms with Crippen LogP contribution in [0.15, 0.2) is 12.1 Å². The highest BCUT2D eigenvalue weighted by molar-refractivity contribution is 5.56. The number of methoxy groups -OCH3 is 1. The molecule has 0 N–H and O–H groups in total. The molecule has 0 bridgehead atoms. The fourth-order valence-corrected chi connectivity index (χ4v) is 2.29. The molecule has 0 aromatic carbocycles. The molecule has 0 spiro atoms. The highest BCUT2D eigenvalue weighted by Gasteiger charge is 2.24. The van der Waals surface area contributed by atoms with Crippen LogP contribution in [0, 0.1) is 6.92 Å². The van der Waals surface area contributed by atoms with Crippen LogP contribution in [-0.2, 0) is 4.74 Å². The molecular formula is C13H20N2O2. The van der Waals surface area contributed by atoms with Gasteiger partial charge in [0.1, 0.15) is 5.69 Å². The Bertz CT molecular complexity index is 385. The molecule has 2 atom stereocenters. The van der Waals surface area contributed by atoms with Gasteiger partial charge in [-0.3, -0.25) is 0 Å². The SMILES string of the molecule is COc1nc(C)ccc1N1C[C@@H](C)O[C@@H](C)C1. The highest BCUT2D eigenvalue weighted by atomic mass is 16.5. The Morgan fingerprint density at radius 3 is 2.53 bits per heavy atom. The van der Waals surface area contributed by atoms with Crippen LogP contribution in [0.3, 0.4) is 0 Å². The van der Waals surface area contributed by atoms with Crippen LogP contribution in [0.25, 0.3) is 0 Å². The van der Waals surface area contributed by atoms with E-state index in [9.17, 15) is 0 Å². The van der Waals surface area contributed by atoms with Gasteiger partial charge in [0.25, 0.3) is 0 Å². The molecule has 1 aromatic rings. The van der Waals surface area contributed by atoms with Gasteiger partial charge in [-0.2, -0.15) is 0 Å². The minimum absolute atomic E-state index is 0.241. The van der Waals surface area contributed by atoms with E-state index in [1.807, 2.05) is 13.0 Å². The predicted molar refractivity (Wildman–Crippen MR) is 67.7 cm³/mol. The van der Waals surface area contributed by atoms with Gasteiger partial charge in [0.15, 0.2) is 0 Å². The zero-order chi connectivity index (χ0) is 12.4. The van der Waals surface area contributed by atoms with Crippen molar-refractivity contribution >= 4 is 5.69 Å². The number of nitrogens with zero attached hydrogens (tertiary/aromatic N) is 2. The van der Waals surface area contributed by atoms with Gasteiger partial charge in [0, 0.05) is 18.8 Å². The average Bonchev–Trinajstić information content (AvgIpc) is 2.27. The Morgan fingerprint density at radius 1 is 1.29 bits per heavy atom. The first kappa shape index (κ1) is 12.2. The Morgan fingerprint density at radius 2 is 1.94 bits per heavy atom. The third kappa shape index (κ3) is 2.69. The van der Waals surface area contributed by atoms with Crippen LogP contribution in [0.2, 0.25) is 0 Å². The van der Waals surface area contributed by atoms with Gasteiger partial charge in [-0.15, -0.1) is 0 Å². The molecular weight excluding hydrogens is 216 g/mol. The minimum atomic E-state index is 0.241. The van der Waals surface area contributed by atoms with Gasteiger partial charge in [0.2, 0.25) is 5.88 Å². The summed E-state index contributed by atoms with van der Waals surface area (Å²) in [7, 11) is 1.67. The molecule has 1 saturated heterocycles. The zero-order valence-electron chi connectivity index (χ0n) is 10.9. The monoisotopic (exact) mass is 236 g/mol. The lowest BCUT2D eigenvalue weighted by molar-refractivity contribution is -0.00535. The third-order valence-corrected chi connectivity index (χ3v) is 2.93. The number of hydrogen-bond donors (Lipinski definition) is 0. The van der Waals surface area contributed by atoms with Crippen LogP contribution in [0.4, 0.5) is 5.69 Å². The molecule has 17 heavy (non-hydrogen) atoms. The van der Waals surface area contributed by atoms with Crippen molar-refractivity contribution in [3.8, 4) is 5.88 Å². The van der Waals surface area contributed by atoms with E-state index in [0.29, 0.717) is 5.88 Å². The summed E-state index contributed by atoms with van der Waals surface area (Å²) in [6.07, 6.45) is 0.481. The minimum Gasteiger partial charge on any atom is -0.480 e. The van der Waals surface area contributed by atoms with Gasteiger partial charge in [-0.05, 0) is 32.9 Å². The van der Waals surface area contributed by atoms with Crippen molar-refractivity contribution in [2.45, 2.75) is 33.0 Å². The molecule has 1 fully saturated rings. The molecule has 0 aliphatic carbocycles. The number of aromatic nitrogens is 1. The summed E-state index contributed by atoms with van der Waals surface area (Å²) in [5.74, 6) is 0.700. The van der Waals surface area contributed by atoms with Crippen LogP contribution in [-0.4, -0.2) is 37.4 Å². The number of anilines is 1. The van der Waals surface area contributed by atoms with E-state index in [1.165, 1.54) is 0 Å². The molecule has 94 valence electrons. The van der Waals surface area contributed by atoms with Gasteiger partial charge >= 0.3 is 0 Å². The number of pyridine rings is 1. The average molecular weight is 236 g/mol. The van der Waals surface area contributed by atoms with E-state index < -0.39 is 0 Å². The first-order valence-electron chi connectivity index (χ1n) is 6.02. The van der Waals surface area contributed by atoms with Crippen molar-refractivity contribution < 1.29 is 9.47 Å². The van der Waals surface area contributed by atoms with E-state index >= 15 is 0 Å². The third-order valence-electron chi connectivity index (χ3n) is 2.93. The predicted octanol–water partition coefficient (Wildman–Crippen LogP) is 2.01. The summed E-state index contributed by atoms with van der Waals surface area (Å²) >= 11 is 0. The molecule has 1 aliphatic rings. The second-order valence-electron chi connectivity index (χ2n) is 4.64. The smallest absolute Gasteiger partial charge is 0.237 e. The van der Waals surface area contributed by atoms with E-state index in [2.05, 4.69) is 29.8 Å². The number of ether oxygens (including phenoxy) is 2. The largest absolute Gasteiger partial charge is 0.480 e. The Balaban J connectivity index is 2.26. The Labute approximate surface area is 103 Å². The molecule has 0 amide bonds. The maximum atomic E-state index is 5.73. The lowest BCUT2D eigenvalue weighted by Crippen LogP contribution is -2.45. The molecule has 4 heteroatoms. The zero-order valence-corrected chi connectivity index (χ0v) is 10.9. The number of morpholine rings is 1. The number of hydrogen-bond acceptors (Lipinski definition) is 4. The van der Waals surface area contributed by atoms with Gasteiger partial charge < -0.3 is 14.4 Å². The van der Waals surface area contributed by atoms with Crippen molar-refractivity contribution in [3.63, 3.8) is 0 Å². The molecule has 0 unspecified atom stereocenters. The van der Waals surface area contributed by atoms with Crippen LogP contribution in [0.1, 0.15) is 19.5 Å². The van der Waals surface area contributed by atoms with Crippen LogP contribution >= 0.6 is 0 Å². The Kier molecular flexibility index (Phi) is 3.52. The lowest BCUT2D eigenvalue weighted by atomic mass is 10.2. The molecule has 2 heterocycles. The quantitative estimate of drug-likeness (QED) is 0.786. The van der Waals surface area contributed by atoms with E-state index in [1.54, 1.807) is 7.11 Å². The molecule has 2 rings (SSSR count). The summed E-state index contributed by atoms with van der Waals surface area (Å²) in [6, 6.07) is 4.09. The molecule has 0 saturated carbocycles. The summed E-state index contributed by atoms with van der Waals surface area (Å²) in [4.78, 5) is 6.69. The van der Waals surface area contributed by atoms with E-state index in [4.69, 9.17) is 9.47 Å². The van der Waals surface area contributed by atoms with Crippen molar-refractivity contribution in [1.82, 2.24) is 4.98 Å². The Hall–Kier alpha value is -1.29. The second kappa shape index (κ2) is 4.92. The fraction of sp³-hybridized carbons (Fsp3) is 0.615. The highest BCUT2D eigenvalue weighted by Crippen LogP contribution is 2.28. The first-order valence-corrected chi connectivity index (χ1v) is 6.02. The normalized spacial score (nSPS) is 24.8. The van der Waals surface area contributed by atoms with Gasteiger partial charge in [-0.1, -0.05) is 0 Å². The summed E-state index contributed by atoms with van der Waals surface area (Å²) < 4.78 is 11.1. The number of rotatable bonds is 2. The lowest BCUT2D eigenvalue weighted by Gasteiger charge is -2.37. The standard InChI is InChI=1S/C13H20N2O2/c1-9-5-6-12(13(14-9)16-4)15-7-10(2)17-11(3)8-15/h5-6,10-11H,7-8H2,1-4H3/t10-,11+. The maximum absolute atomic E-state index is 5.73. The van der Waals surface area contributed by atoms with Crippen LogP contribution < -0.4 is 9.64 Å². The maximum Gasteiger partial charge on any atom is 0.237 e. The van der Waals surface area contributed by atoms with Crippen molar-refractivity contribution in [2.75, 3.05) is 25.1 Å². The van der Waals surface area contributed by atoms with Crippen LogP contribution in [0.5, 0.6) is 5.88 Å². The molecule has 1 aliphatic heterocycles. The van der Waals surface area contributed by atoms with Gasteiger partial charge in [-0.25, -0.2) is 4.98 Å². The fourth-order valence-electron chi connectivity index (χ4n) is 2.29. The summed E-state index contributed by atoms with van der Waals surface area (Å²) in [5.41, 5.74) is 2.03.